The van der Waals surface area contributed by atoms with E-state index < -0.39 is 30.2 Å². The first-order valence-corrected chi connectivity index (χ1v) is 6.42. The van der Waals surface area contributed by atoms with Gasteiger partial charge in [0.15, 0.2) is 18.2 Å². The molecule has 0 heterocycles. The van der Waals surface area contributed by atoms with Crippen LogP contribution >= 0.6 is 0 Å². The number of hydrogen-bond donors (Lipinski definition) is 3. The topological polar surface area (TPSA) is 87.7 Å². The number of para-hydroxylation sites is 1. The Hall–Kier alpha value is -3.16. The van der Waals surface area contributed by atoms with Gasteiger partial charge in [0.25, 0.3) is 0 Å². The van der Waals surface area contributed by atoms with Gasteiger partial charge in [-0.25, -0.2) is 18.4 Å². The molecule has 3 N–H and O–H groups in total. The zero-order valence-corrected chi connectivity index (χ0v) is 11.7. The summed E-state index contributed by atoms with van der Waals surface area (Å²) in [5.74, 6) is -2.96. The highest BCUT2D eigenvalue weighted by molar-refractivity contribution is 5.99. The van der Waals surface area contributed by atoms with E-state index in [1.54, 1.807) is 6.07 Å². The molecule has 0 unspecified atom stereocenters. The van der Waals surface area contributed by atoms with Gasteiger partial charge in [0.05, 0.1) is 5.69 Å². The Morgan fingerprint density at radius 1 is 1.04 bits per heavy atom. The molecule has 2 aromatic carbocycles. The third-order valence-electron chi connectivity index (χ3n) is 2.66. The molecule has 0 aliphatic rings. The molecule has 0 bridgehead atoms. The first-order chi connectivity index (χ1) is 11.0. The molecule has 120 valence electrons. The summed E-state index contributed by atoms with van der Waals surface area (Å²) in [6.45, 7) is -0.720. The number of nitrogens with one attached hydrogen (secondary N) is 2. The molecule has 0 aliphatic carbocycles. The minimum absolute atomic E-state index is 0.0190. The van der Waals surface area contributed by atoms with Gasteiger partial charge in [-0.05, 0) is 24.3 Å². The fraction of sp³-hybridized carbons (Fsp3) is 0.0667. The van der Waals surface area contributed by atoms with Crippen LogP contribution in [0.1, 0.15) is 0 Å². The van der Waals surface area contributed by atoms with Crippen LogP contribution in [0.2, 0.25) is 0 Å². The van der Waals surface area contributed by atoms with Crippen molar-refractivity contribution in [3.05, 3.63) is 54.1 Å². The van der Waals surface area contributed by atoms with Crippen molar-refractivity contribution in [3.63, 3.8) is 0 Å². The van der Waals surface area contributed by atoms with Crippen LogP contribution < -0.4 is 15.4 Å². The maximum Gasteiger partial charge on any atom is 0.341 e. The quantitative estimate of drug-likeness (QED) is 0.789. The Labute approximate surface area is 129 Å². The smallest absolute Gasteiger partial charge is 0.341 e. The average Bonchev–Trinajstić information content (AvgIpc) is 2.50. The Kier molecular flexibility index (Phi) is 5.08. The summed E-state index contributed by atoms with van der Waals surface area (Å²) >= 11 is 0. The lowest BCUT2D eigenvalue weighted by atomic mass is 10.3. The monoisotopic (exact) mass is 322 g/mol. The van der Waals surface area contributed by atoms with Gasteiger partial charge >= 0.3 is 12.0 Å². The summed E-state index contributed by atoms with van der Waals surface area (Å²) in [7, 11) is 0. The molecule has 0 radical (unpaired) electrons. The predicted octanol–water partition coefficient (Wildman–Crippen LogP) is 3.07. The molecule has 2 aromatic rings. The maximum absolute atomic E-state index is 13.5. The number of carboxylic acids is 1. The summed E-state index contributed by atoms with van der Waals surface area (Å²) in [5, 5.41) is 13.2. The molecular weight excluding hydrogens is 310 g/mol. The number of amides is 2. The van der Waals surface area contributed by atoms with Gasteiger partial charge in [0, 0.05) is 11.8 Å². The number of benzene rings is 2. The number of carbonyl (C=O) groups is 2. The lowest BCUT2D eigenvalue weighted by Crippen LogP contribution is -2.20. The van der Waals surface area contributed by atoms with Crippen LogP contribution in [-0.2, 0) is 4.79 Å². The number of ether oxygens (including phenoxy) is 1. The zero-order chi connectivity index (χ0) is 16.8. The van der Waals surface area contributed by atoms with E-state index in [-0.39, 0.29) is 17.1 Å². The van der Waals surface area contributed by atoms with Crippen LogP contribution in [0.15, 0.2) is 42.5 Å². The van der Waals surface area contributed by atoms with Crippen LogP contribution in [0, 0.1) is 11.6 Å². The summed E-state index contributed by atoms with van der Waals surface area (Å²) in [5.41, 5.74) is 0.134. The number of aliphatic carboxylic acids is 1. The maximum atomic E-state index is 13.5. The Bertz CT molecular complexity index is 737. The van der Waals surface area contributed by atoms with Gasteiger partial charge in [-0.1, -0.05) is 12.1 Å². The van der Waals surface area contributed by atoms with Gasteiger partial charge in [-0.2, -0.15) is 0 Å². The van der Waals surface area contributed by atoms with Gasteiger partial charge < -0.3 is 20.5 Å². The molecule has 0 saturated carbocycles. The van der Waals surface area contributed by atoms with E-state index in [2.05, 4.69) is 10.6 Å². The molecule has 2 amide bonds. The first-order valence-electron chi connectivity index (χ1n) is 6.42. The molecular formula is C15H12F2N2O4. The van der Waals surface area contributed by atoms with E-state index in [1.807, 2.05) is 0 Å². The third kappa shape index (κ3) is 4.67. The third-order valence-corrected chi connectivity index (χ3v) is 2.66. The van der Waals surface area contributed by atoms with E-state index >= 15 is 0 Å². The molecule has 0 fully saturated rings. The fourth-order valence-electron chi connectivity index (χ4n) is 1.68. The van der Waals surface area contributed by atoms with Gasteiger partial charge in [0.1, 0.15) is 5.82 Å². The van der Waals surface area contributed by atoms with E-state index in [1.165, 1.54) is 24.3 Å². The molecule has 23 heavy (non-hydrogen) atoms. The zero-order valence-electron chi connectivity index (χ0n) is 11.7. The number of halogens is 2. The molecule has 6 nitrogen and oxygen atoms in total. The summed E-state index contributed by atoms with van der Waals surface area (Å²) in [4.78, 5) is 22.2. The van der Waals surface area contributed by atoms with Crippen molar-refractivity contribution in [2.45, 2.75) is 0 Å². The van der Waals surface area contributed by atoms with Crippen molar-refractivity contribution >= 4 is 23.4 Å². The molecule has 0 aliphatic heterocycles. The lowest BCUT2D eigenvalue weighted by Gasteiger charge is -2.10. The standard InChI is InChI=1S/C15H12F2N2O4/c16-10-3-1-2-4-12(10)19-15(22)18-9-5-6-11(17)13(7-9)23-8-14(20)21/h1-7H,8H2,(H,20,21)(H2,18,19,22). The van der Waals surface area contributed by atoms with E-state index in [9.17, 15) is 18.4 Å². The SMILES string of the molecule is O=C(O)COc1cc(NC(=O)Nc2ccccc2F)ccc1F. The summed E-state index contributed by atoms with van der Waals surface area (Å²) in [6, 6.07) is 8.23. The van der Waals surface area contributed by atoms with E-state index in [4.69, 9.17) is 9.84 Å². The lowest BCUT2D eigenvalue weighted by molar-refractivity contribution is -0.139. The summed E-state index contributed by atoms with van der Waals surface area (Å²) in [6.07, 6.45) is 0. The first kappa shape index (κ1) is 16.2. The number of hydrogen-bond acceptors (Lipinski definition) is 3. The fourth-order valence-corrected chi connectivity index (χ4v) is 1.68. The minimum Gasteiger partial charge on any atom is -0.479 e. The molecule has 0 saturated heterocycles. The van der Waals surface area contributed by atoms with Crippen LogP contribution in [-0.4, -0.2) is 23.7 Å². The molecule has 0 atom stereocenters. The Morgan fingerprint density at radius 3 is 2.48 bits per heavy atom. The molecule has 8 heteroatoms. The second kappa shape index (κ2) is 7.21. The Balaban J connectivity index is 2.04. The number of carboxylic acid groups (broad SMARTS) is 1. The van der Waals surface area contributed by atoms with Gasteiger partial charge in [0.2, 0.25) is 0 Å². The van der Waals surface area contributed by atoms with E-state index in [0.717, 1.165) is 12.1 Å². The highest BCUT2D eigenvalue weighted by Crippen LogP contribution is 2.22. The highest BCUT2D eigenvalue weighted by Gasteiger charge is 2.10. The molecule has 0 spiro atoms. The highest BCUT2D eigenvalue weighted by atomic mass is 19.1. The van der Waals surface area contributed by atoms with Gasteiger partial charge in [-0.15, -0.1) is 0 Å². The normalized spacial score (nSPS) is 10.0. The minimum atomic E-state index is -1.26. The second-order valence-electron chi connectivity index (χ2n) is 4.39. The van der Waals surface area contributed by atoms with Crippen molar-refractivity contribution in [1.29, 1.82) is 0 Å². The van der Waals surface area contributed by atoms with Crippen LogP contribution in [0.4, 0.5) is 25.0 Å². The number of carbonyl (C=O) groups excluding carboxylic acids is 1. The van der Waals surface area contributed by atoms with Crippen LogP contribution in [0.3, 0.4) is 0 Å². The van der Waals surface area contributed by atoms with E-state index in [0.29, 0.717) is 0 Å². The van der Waals surface area contributed by atoms with Gasteiger partial charge in [-0.3, -0.25) is 0 Å². The van der Waals surface area contributed by atoms with Crippen molar-refractivity contribution in [1.82, 2.24) is 0 Å². The summed E-state index contributed by atoms with van der Waals surface area (Å²) < 4.78 is 31.6. The number of urea groups is 1. The Morgan fingerprint density at radius 2 is 1.78 bits per heavy atom. The van der Waals surface area contributed by atoms with Crippen molar-refractivity contribution in [3.8, 4) is 5.75 Å². The number of rotatable bonds is 5. The van der Waals surface area contributed by atoms with Crippen LogP contribution in [0.5, 0.6) is 5.75 Å². The van der Waals surface area contributed by atoms with Crippen molar-refractivity contribution < 1.29 is 28.2 Å². The predicted molar refractivity (Wildman–Crippen MR) is 78.6 cm³/mol. The average molecular weight is 322 g/mol. The number of anilines is 2. The van der Waals surface area contributed by atoms with Crippen molar-refractivity contribution in [2.75, 3.05) is 17.2 Å². The van der Waals surface area contributed by atoms with Crippen LogP contribution in [0.25, 0.3) is 0 Å². The largest absolute Gasteiger partial charge is 0.479 e. The second-order valence-corrected chi connectivity index (χ2v) is 4.39. The molecule has 2 rings (SSSR count). The van der Waals surface area contributed by atoms with Crippen molar-refractivity contribution in [2.24, 2.45) is 0 Å². The molecule has 0 aromatic heterocycles.